The molecular weight excluding hydrogens is 406 g/mol. The number of nitrogens with one attached hydrogen (secondary N) is 1. The van der Waals surface area contributed by atoms with E-state index in [1.165, 1.54) is 16.4 Å². The first-order valence-corrected chi connectivity index (χ1v) is 12.4. The number of carbonyl (C=O) groups is 1. The Morgan fingerprint density at radius 3 is 2.43 bits per heavy atom. The highest BCUT2D eigenvalue weighted by Crippen LogP contribution is 2.21. The fraction of sp³-hybridized carbons (Fsp3) is 0.588. The highest BCUT2D eigenvalue weighted by Gasteiger charge is 2.29. The van der Waals surface area contributed by atoms with Crippen molar-refractivity contribution in [2.24, 2.45) is 0 Å². The molecule has 1 aromatic rings. The third kappa shape index (κ3) is 4.90. The fourth-order valence-electron chi connectivity index (χ4n) is 3.20. The number of benzene rings is 1. The highest BCUT2D eigenvalue weighted by atomic mass is 32.2. The zero-order valence-electron chi connectivity index (χ0n) is 15.7. The van der Waals surface area contributed by atoms with E-state index in [2.05, 4.69) is 5.32 Å². The molecule has 1 aromatic carbocycles. The molecule has 0 spiro atoms. The second kappa shape index (κ2) is 8.46. The maximum Gasteiger partial charge on any atom is 0.243 e. The van der Waals surface area contributed by atoms with Crippen LogP contribution in [0, 0.1) is 0 Å². The van der Waals surface area contributed by atoms with Crippen LogP contribution in [0.2, 0.25) is 0 Å². The summed E-state index contributed by atoms with van der Waals surface area (Å²) < 4.78 is 55.2. The summed E-state index contributed by atoms with van der Waals surface area (Å²) in [6.07, 6.45) is 0. The Morgan fingerprint density at radius 2 is 1.79 bits per heavy atom. The van der Waals surface area contributed by atoms with Gasteiger partial charge in [0.25, 0.3) is 0 Å². The highest BCUT2D eigenvalue weighted by molar-refractivity contribution is 7.91. The van der Waals surface area contributed by atoms with Crippen molar-refractivity contribution in [3.8, 4) is 0 Å². The molecule has 2 aliphatic heterocycles. The zero-order chi connectivity index (χ0) is 20.4. The van der Waals surface area contributed by atoms with Crippen molar-refractivity contribution in [1.82, 2.24) is 9.21 Å². The molecule has 156 valence electrons. The molecule has 1 atom stereocenters. The lowest BCUT2D eigenvalue weighted by Gasteiger charge is -2.31. The molecule has 0 bridgehead atoms. The third-order valence-corrected chi connectivity index (χ3v) is 8.52. The van der Waals surface area contributed by atoms with Crippen molar-refractivity contribution in [2.75, 3.05) is 56.2 Å². The molecule has 1 N–H and O–H groups in total. The second-order valence-corrected chi connectivity index (χ2v) is 11.1. The van der Waals surface area contributed by atoms with Crippen LogP contribution in [0.1, 0.15) is 6.92 Å². The smallest absolute Gasteiger partial charge is 0.243 e. The fourth-order valence-corrected chi connectivity index (χ4v) is 5.88. The number of amides is 1. The molecule has 1 amide bonds. The molecule has 2 saturated heterocycles. The van der Waals surface area contributed by atoms with E-state index in [0.29, 0.717) is 45.1 Å². The van der Waals surface area contributed by atoms with Gasteiger partial charge in [0.1, 0.15) is 0 Å². The number of rotatable bonds is 5. The van der Waals surface area contributed by atoms with Crippen molar-refractivity contribution in [1.29, 1.82) is 0 Å². The second-order valence-electron chi connectivity index (χ2n) is 6.90. The summed E-state index contributed by atoms with van der Waals surface area (Å²) >= 11 is 0. The minimum atomic E-state index is -3.65. The van der Waals surface area contributed by atoms with Gasteiger partial charge in [-0.25, -0.2) is 16.8 Å². The maximum absolute atomic E-state index is 12.8. The van der Waals surface area contributed by atoms with Crippen LogP contribution in [-0.4, -0.2) is 88.9 Å². The number of ether oxygens (including phenoxy) is 1. The summed E-state index contributed by atoms with van der Waals surface area (Å²) in [5, 5.41) is 2.74. The van der Waals surface area contributed by atoms with Gasteiger partial charge in [0, 0.05) is 31.9 Å². The number of carbonyl (C=O) groups excluding carboxylic acids is 1. The molecular formula is C17H25N3O6S2. The normalized spacial score (nSPS) is 22.5. The van der Waals surface area contributed by atoms with E-state index in [9.17, 15) is 21.6 Å². The first-order valence-electron chi connectivity index (χ1n) is 9.12. The SMILES string of the molecule is CC(C(=O)Nc1cccc(S(=O)(=O)N2CCOCC2)c1)N1CCS(=O)(=O)CC1. The molecule has 0 radical (unpaired) electrons. The number of morpholine rings is 1. The molecule has 9 nitrogen and oxygen atoms in total. The summed E-state index contributed by atoms with van der Waals surface area (Å²) in [6.45, 7) is 3.64. The monoisotopic (exact) mass is 431 g/mol. The molecule has 11 heteroatoms. The lowest BCUT2D eigenvalue weighted by Crippen LogP contribution is -2.49. The predicted octanol–water partition coefficient (Wildman–Crippen LogP) is -0.235. The molecule has 0 aliphatic carbocycles. The first-order chi connectivity index (χ1) is 13.2. The summed E-state index contributed by atoms with van der Waals surface area (Å²) in [4.78, 5) is 14.5. The van der Waals surface area contributed by atoms with Crippen LogP contribution >= 0.6 is 0 Å². The van der Waals surface area contributed by atoms with Gasteiger partial charge in [0.05, 0.1) is 35.7 Å². The molecule has 2 aliphatic rings. The minimum absolute atomic E-state index is 0.0396. The van der Waals surface area contributed by atoms with Crippen molar-refractivity contribution < 1.29 is 26.4 Å². The first kappa shape index (κ1) is 21.2. The van der Waals surface area contributed by atoms with Gasteiger partial charge in [0.15, 0.2) is 9.84 Å². The lowest BCUT2D eigenvalue weighted by molar-refractivity contribution is -0.120. The van der Waals surface area contributed by atoms with Crippen molar-refractivity contribution >= 4 is 31.5 Å². The molecule has 2 heterocycles. The average molecular weight is 432 g/mol. The van der Waals surface area contributed by atoms with Crippen LogP contribution in [0.3, 0.4) is 0 Å². The van der Waals surface area contributed by atoms with Crippen LogP contribution in [0.4, 0.5) is 5.69 Å². The van der Waals surface area contributed by atoms with E-state index in [-0.39, 0.29) is 22.3 Å². The standard InChI is InChI=1S/C17H25N3O6S2/c1-14(19-7-11-27(22,23)12-8-19)17(21)18-15-3-2-4-16(13-15)28(24,25)20-5-9-26-10-6-20/h2-4,13-14H,5-12H2,1H3,(H,18,21). The van der Waals surface area contributed by atoms with Gasteiger partial charge in [-0.3, -0.25) is 9.69 Å². The largest absolute Gasteiger partial charge is 0.379 e. The summed E-state index contributed by atoms with van der Waals surface area (Å²) in [7, 11) is -6.67. The van der Waals surface area contributed by atoms with Crippen molar-refractivity contribution in [3.63, 3.8) is 0 Å². The van der Waals surface area contributed by atoms with Gasteiger partial charge >= 0.3 is 0 Å². The van der Waals surface area contributed by atoms with E-state index in [1.807, 2.05) is 4.90 Å². The van der Waals surface area contributed by atoms with Crippen LogP contribution in [0.15, 0.2) is 29.2 Å². The third-order valence-electron chi connectivity index (χ3n) is 5.02. The molecule has 28 heavy (non-hydrogen) atoms. The molecule has 2 fully saturated rings. The van der Waals surface area contributed by atoms with Crippen LogP contribution in [-0.2, 0) is 29.4 Å². The number of sulfonamides is 1. The summed E-state index contributed by atoms with van der Waals surface area (Å²) in [5.41, 5.74) is 0.385. The minimum Gasteiger partial charge on any atom is -0.379 e. The number of sulfone groups is 1. The van der Waals surface area contributed by atoms with E-state index in [4.69, 9.17) is 4.74 Å². The van der Waals surface area contributed by atoms with Gasteiger partial charge in [-0.2, -0.15) is 4.31 Å². The maximum atomic E-state index is 12.8. The van der Waals surface area contributed by atoms with Gasteiger partial charge in [-0.1, -0.05) is 6.07 Å². The Morgan fingerprint density at radius 1 is 1.14 bits per heavy atom. The Kier molecular flexibility index (Phi) is 6.40. The Hall–Kier alpha value is -1.53. The van der Waals surface area contributed by atoms with Gasteiger partial charge < -0.3 is 10.1 Å². The molecule has 3 rings (SSSR count). The Labute approximate surface area is 165 Å². The Bertz CT molecular complexity index is 912. The summed E-state index contributed by atoms with van der Waals surface area (Å²) in [5.74, 6) is -0.226. The van der Waals surface area contributed by atoms with Crippen LogP contribution in [0.5, 0.6) is 0 Å². The topological polar surface area (TPSA) is 113 Å². The van der Waals surface area contributed by atoms with Gasteiger partial charge in [-0.15, -0.1) is 0 Å². The number of hydrogen-bond donors (Lipinski definition) is 1. The number of nitrogens with zero attached hydrogens (tertiary/aromatic N) is 2. The van der Waals surface area contributed by atoms with Crippen LogP contribution < -0.4 is 5.32 Å². The molecule has 0 aromatic heterocycles. The van der Waals surface area contributed by atoms with Gasteiger partial charge in [0.2, 0.25) is 15.9 Å². The lowest BCUT2D eigenvalue weighted by atomic mass is 10.2. The van der Waals surface area contributed by atoms with E-state index < -0.39 is 25.9 Å². The quantitative estimate of drug-likeness (QED) is 0.685. The van der Waals surface area contributed by atoms with Crippen molar-refractivity contribution in [2.45, 2.75) is 17.9 Å². The van der Waals surface area contributed by atoms with E-state index in [1.54, 1.807) is 19.1 Å². The Balaban J connectivity index is 1.68. The predicted molar refractivity (Wildman–Crippen MR) is 104 cm³/mol. The average Bonchev–Trinajstić information content (AvgIpc) is 2.68. The number of hydrogen-bond acceptors (Lipinski definition) is 7. The molecule has 0 saturated carbocycles. The zero-order valence-corrected chi connectivity index (χ0v) is 17.3. The van der Waals surface area contributed by atoms with E-state index in [0.717, 1.165) is 0 Å². The molecule has 1 unspecified atom stereocenters. The summed E-state index contributed by atoms with van der Waals surface area (Å²) in [6, 6.07) is 5.63. The van der Waals surface area contributed by atoms with Crippen molar-refractivity contribution in [3.05, 3.63) is 24.3 Å². The van der Waals surface area contributed by atoms with E-state index >= 15 is 0 Å². The van der Waals surface area contributed by atoms with Crippen LogP contribution in [0.25, 0.3) is 0 Å². The van der Waals surface area contributed by atoms with Gasteiger partial charge in [-0.05, 0) is 25.1 Å². The number of anilines is 1.